The largest absolute Gasteiger partial charge is 0.378 e. The van der Waals surface area contributed by atoms with Gasteiger partial charge >= 0.3 is 0 Å². The van der Waals surface area contributed by atoms with Gasteiger partial charge in [0.1, 0.15) is 5.82 Å². The van der Waals surface area contributed by atoms with Crippen LogP contribution in [-0.4, -0.2) is 49.3 Å². The maximum Gasteiger partial charge on any atom is 0.128 e. The van der Waals surface area contributed by atoms with Crippen molar-refractivity contribution in [2.75, 3.05) is 44.3 Å². The van der Waals surface area contributed by atoms with Gasteiger partial charge in [-0.05, 0) is 50.9 Å². The summed E-state index contributed by atoms with van der Waals surface area (Å²) in [5, 5.41) is 0. The molecule has 0 amide bonds. The molecule has 0 aromatic carbocycles. The van der Waals surface area contributed by atoms with Gasteiger partial charge in [-0.1, -0.05) is 19.4 Å². The van der Waals surface area contributed by atoms with Crippen LogP contribution < -0.4 is 4.90 Å². The fourth-order valence-corrected chi connectivity index (χ4v) is 3.69. The smallest absolute Gasteiger partial charge is 0.128 e. The third-order valence-corrected chi connectivity index (χ3v) is 4.97. The average Bonchev–Trinajstić information content (AvgIpc) is 3.02. The minimum atomic E-state index is 0.581. The normalized spacial score (nSPS) is 23.2. The first-order chi connectivity index (χ1) is 10.8. The monoisotopic (exact) mass is 303 g/mol. The fourth-order valence-electron chi connectivity index (χ4n) is 3.69. The van der Waals surface area contributed by atoms with E-state index in [0.29, 0.717) is 6.04 Å². The fraction of sp³-hybridized carbons (Fsp3) is 0.722. The number of unbranched alkanes of at least 4 members (excludes halogenated alkanes) is 1. The quantitative estimate of drug-likeness (QED) is 0.835. The molecule has 1 aromatic rings. The van der Waals surface area contributed by atoms with E-state index in [4.69, 9.17) is 9.72 Å². The molecule has 122 valence electrons. The van der Waals surface area contributed by atoms with E-state index in [1.807, 2.05) is 0 Å². The Kier molecular flexibility index (Phi) is 5.32. The Labute approximate surface area is 134 Å². The van der Waals surface area contributed by atoms with E-state index in [0.717, 1.165) is 32.1 Å². The molecule has 2 aliphatic heterocycles. The number of hydrogen-bond acceptors (Lipinski definition) is 4. The second-order valence-corrected chi connectivity index (χ2v) is 6.49. The number of nitrogens with zero attached hydrogens (tertiary/aromatic N) is 3. The third-order valence-electron chi connectivity index (χ3n) is 4.97. The summed E-state index contributed by atoms with van der Waals surface area (Å²) < 4.78 is 5.43. The molecule has 4 heteroatoms. The zero-order chi connectivity index (χ0) is 15.4. The molecule has 2 fully saturated rings. The van der Waals surface area contributed by atoms with Crippen LogP contribution in [0.5, 0.6) is 0 Å². The van der Waals surface area contributed by atoms with E-state index in [-0.39, 0.29) is 0 Å². The van der Waals surface area contributed by atoms with Crippen molar-refractivity contribution in [2.24, 2.45) is 0 Å². The van der Waals surface area contributed by atoms with Crippen LogP contribution in [0.1, 0.15) is 49.9 Å². The highest BCUT2D eigenvalue weighted by Crippen LogP contribution is 2.34. The summed E-state index contributed by atoms with van der Waals surface area (Å²) in [5.41, 5.74) is 2.64. The molecule has 4 nitrogen and oxygen atoms in total. The molecule has 1 aromatic heterocycles. The first-order valence-corrected chi connectivity index (χ1v) is 8.84. The molecule has 2 saturated heterocycles. The maximum atomic E-state index is 5.43. The Morgan fingerprint density at radius 3 is 2.77 bits per heavy atom. The van der Waals surface area contributed by atoms with Gasteiger partial charge in [0, 0.05) is 24.8 Å². The van der Waals surface area contributed by atoms with Crippen molar-refractivity contribution in [3.63, 3.8) is 0 Å². The van der Waals surface area contributed by atoms with E-state index < -0.39 is 0 Å². The second kappa shape index (κ2) is 7.42. The summed E-state index contributed by atoms with van der Waals surface area (Å²) in [6.07, 6.45) is 5.17. The summed E-state index contributed by atoms with van der Waals surface area (Å²) in [5.74, 6) is 1.11. The second-order valence-electron chi connectivity index (χ2n) is 6.49. The molecule has 2 aliphatic rings. The van der Waals surface area contributed by atoms with Crippen LogP contribution >= 0.6 is 0 Å². The van der Waals surface area contributed by atoms with Crippen molar-refractivity contribution in [3.8, 4) is 0 Å². The van der Waals surface area contributed by atoms with Crippen LogP contribution in [0.4, 0.5) is 5.82 Å². The number of aromatic nitrogens is 1. The lowest BCUT2D eigenvalue weighted by Gasteiger charge is -2.30. The minimum absolute atomic E-state index is 0.581. The first kappa shape index (κ1) is 15.8. The maximum absolute atomic E-state index is 5.43. The molecule has 0 saturated carbocycles. The molecule has 22 heavy (non-hydrogen) atoms. The standard InChI is InChI=1S/C18H29N3O/c1-3-4-9-20-10-5-6-17(20)16-7-8-18(19-15(16)2)21-11-13-22-14-12-21/h7-8,17H,3-6,9-14H2,1-2H3/t17-/m1/s1. The van der Waals surface area contributed by atoms with Crippen molar-refractivity contribution >= 4 is 5.82 Å². The van der Waals surface area contributed by atoms with Crippen molar-refractivity contribution in [1.29, 1.82) is 0 Å². The lowest BCUT2D eigenvalue weighted by Crippen LogP contribution is -2.37. The molecule has 1 atom stereocenters. The van der Waals surface area contributed by atoms with Gasteiger partial charge in [0.25, 0.3) is 0 Å². The molecule has 0 unspecified atom stereocenters. The Hall–Kier alpha value is -1.13. The average molecular weight is 303 g/mol. The van der Waals surface area contributed by atoms with Crippen LogP contribution in [0.15, 0.2) is 12.1 Å². The van der Waals surface area contributed by atoms with E-state index >= 15 is 0 Å². The lowest BCUT2D eigenvalue weighted by atomic mass is 10.0. The summed E-state index contributed by atoms with van der Waals surface area (Å²) in [6, 6.07) is 5.12. The predicted molar refractivity (Wildman–Crippen MR) is 90.5 cm³/mol. The van der Waals surface area contributed by atoms with Crippen LogP contribution in [0.25, 0.3) is 0 Å². The van der Waals surface area contributed by atoms with Gasteiger partial charge in [-0.15, -0.1) is 0 Å². The summed E-state index contributed by atoms with van der Waals surface area (Å²) in [4.78, 5) is 9.89. The van der Waals surface area contributed by atoms with Gasteiger partial charge in [0.05, 0.1) is 13.2 Å². The molecule has 0 radical (unpaired) electrons. The Morgan fingerprint density at radius 1 is 1.23 bits per heavy atom. The Balaban J connectivity index is 1.73. The Morgan fingerprint density at radius 2 is 2.05 bits per heavy atom. The number of rotatable bonds is 5. The van der Waals surface area contributed by atoms with Crippen LogP contribution in [0, 0.1) is 6.92 Å². The molecule has 0 N–H and O–H groups in total. The summed E-state index contributed by atoms with van der Waals surface area (Å²) in [7, 11) is 0. The summed E-state index contributed by atoms with van der Waals surface area (Å²) >= 11 is 0. The zero-order valence-corrected chi connectivity index (χ0v) is 14.1. The van der Waals surface area contributed by atoms with E-state index in [9.17, 15) is 0 Å². The number of ether oxygens (including phenoxy) is 1. The number of hydrogen-bond donors (Lipinski definition) is 0. The van der Waals surface area contributed by atoms with Crippen molar-refractivity contribution < 1.29 is 4.74 Å². The number of aryl methyl sites for hydroxylation is 1. The SMILES string of the molecule is CCCCN1CCC[C@@H]1c1ccc(N2CCOCC2)nc1C. The van der Waals surface area contributed by atoms with Crippen LogP contribution in [0.2, 0.25) is 0 Å². The molecule has 0 bridgehead atoms. The lowest BCUT2D eigenvalue weighted by molar-refractivity contribution is 0.122. The van der Waals surface area contributed by atoms with Gasteiger partial charge < -0.3 is 9.64 Å². The van der Waals surface area contributed by atoms with Gasteiger partial charge in [-0.3, -0.25) is 4.90 Å². The third kappa shape index (κ3) is 3.44. The first-order valence-electron chi connectivity index (χ1n) is 8.84. The molecular formula is C18H29N3O. The van der Waals surface area contributed by atoms with Crippen LogP contribution in [0.3, 0.4) is 0 Å². The topological polar surface area (TPSA) is 28.6 Å². The number of pyridine rings is 1. The van der Waals surface area contributed by atoms with E-state index in [1.54, 1.807) is 0 Å². The Bertz CT molecular complexity index is 485. The molecule has 0 aliphatic carbocycles. The van der Waals surface area contributed by atoms with Crippen molar-refractivity contribution in [3.05, 3.63) is 23.4 Å². The van der Waals surface area contributed by atoms with Crippen LogP contribution in [-0.2, 0) is 4.74 Å². The molecule has 3 heterocycles. The van der Waals surface area contributed by atoms with Crippen molar-refractivity contribution in [1.82, 2.24) is 9.88 Å². The highest BCUT2D eigenvalue weighted by molar-refractivity contribution is 5.43. The molecule has 3 rings (SSSR count). The molecule has 0 spiro atoms. The highest BCUT2D eigenvalue weighted by Gasteiger charge is 2.27. The van der Waals surface area contributed by atoms with Crippen molar-refractivity contribution in [2.45, 2.75) is 45.6 Å². The number of likely N-dealkylation sites (tertiary alicyclic amines) is 1. The zero-order valence-electron chi connectivity index (χ0n) is 14.1. The minimum Gasteiger partial charge on any atom is -0.378 e. The number of morpholine rings is 1. The van der Waals surface area contributed by atoms with Gasteiger partial charge in [-0.25, -0.2) is 4.98 Å². The van der Waals surface area contributed by atoms with E-state index in [2.05, 4.69) is 35.8 Å². The van der Waals surface area contributed by atoms with E-state index in [1.165, 1.54) is 50.0 Å². The summed E-state index contributed by atoms with van der Waals surface area (Å²) in [6.45, 7) is 10.5. The highest BCUT2D eigenvalue weighted by atomic mass is 16.5. The van der Waals surface area contributed by atoms with Gasteiger partial charge in [0.15, 0.2) is 0 Å². The number of anilines is 1. The molecular weight excluding hydrogens is 274 g/mol. The van der Waals surface area contributed by atoms with Gasteiger partial charge in [0.2, 0.25) is 0 Å². The van der Waals surface area contributed by atoms with Gasteiger partial charge in [-0.2, -0.15) is 0 Å². The predicted octanol–water partition coefficient (Wildman–Crippen LogP) is 3.16.